The Balaban J connectivity index is 1.80. The molecule has 2 aromatic rings. The maximum atomic E-state index is 13.1. The monoisotopic (exact) mass is 362 g/mol. The van der Waals surface area contributed by atoms with E-state index >= 15 is 0 Å². The van der Waals surface area contributed by atoms with Gasteiger partial charge in [0, 0.05) is 25.5 Å². The first-order valence-corrected chi connectivity index (χ1v) is 9.88. The third kappa shape index (κ3) is 4.63. The molecule has 1 amide bonds. The van der Waals surface area contributed by atoms with Gasteiger partial charge in [0.15, 0.2) is 9.84 Å². The van der Waals surface area contributed by atoms with E-state index in [9.17, 15) is 17.6 Å². The van der Waals surface area contributed by atoms with E-state index in [0.29, 0.717) is 19.5 Å². The number of hydrogen-bond donors (Lipinski definition) is 0. The average molecular weight is 362 g/mol. The highest BCUT2D eigenvalue weighted by molar-refractivity contribution is 7.91. The summed E-state index contributed by atoms with van der Waals surface area (Å²) in [6.45, 7) is 0.660. The van der Waals surface area contributed by atoms with Crippen molar-refractivity contribution in [1.82, 2.24) is 9.88 Å². The van der Waals surface area contributed by atoms with Crippen LogP contribution >= 0.6 is 0 Å². The SMILES string of the molecule is O=C([C@H]1CCS(=O)(=O)C1)N(Cc1ccncc1)Cc1ccc(F)cc1. The quantitative estimate of drug-likeness (QED) is 0.818. The van der Waals surface area contributed by atoms with E-state index in [1.165, 1.54) is 12.1 Å². The molecule has 0 spiro atoms. The molecule has 1 fully saturated rings. The van der Waals surface area contributed by atoms with Crippen LogP contribution in [0.15, 0.2) is 48.8 Å². The largest absolute Gasteiger partial charge is 0.334 e. The lowest BCUT2D eigenvalue weighted by atomic mass is 10.1. The van der Waals surface area contributed by atoms with Gasteiger partial charge < -0.3 is 4.90 Å². The summed E-state index contributed by atoms with van der Waals surface area (Å²) in [7, 11) is -3.13. The minimum atomic E-state index is -3.13. The van der Waals surface area contributed by atoms with Crippen molar-refractivity contribution in [3.63, 3.8) is 0 Å². The van der Waals surface area contributed by atoms with E-state index in [2.05, 4.69) is 4.98 Å². The van der Waals surface area contributed by atoms with Crippen molar-refractivity contribution < 1.29 is 17.6 Å². The zero-order chi connectivity index (χ0) is 17.9. The van der Waals surface area contributed by atoms with Gasteiger partial charge in [-0.2, -0.15) is 0 Å². The fourth-order valence-electron chi connectivity index (χ4n) is 2.98. The van der Waals surface area contributed by atoms with Gasteiger partial charge in [-0.15, -0.1) is 0 Å². The summed E-state index contributed by atoms with van der Waals surface area (Å²) in [6.07, 6.45) is 3.66. The molecule has 7 heteroatoms. The molecule has 0 radical (unpaired) electrons. The number of halogens is 1. The Morgan fingerprint density at radius 3 is 2.24 bits per heavy atom. The number of nitrogens with zero attached hydrogens (tertiary/aromatic N) is 2. The molecule has 0 bridgehead atoms. The highest BCUT2D eigenvalue weighted by Crippen LogP contribution is 2.23. The van der Waals surface area contributed by atoms with Gasteiger partial charge >= 0.3 is 0 Å². The lowest BCUT2D eigenvalue weighted by Gasteiger charge is -2.25. The van der Waals surface area contributed by atoms with Crippen molar-refractivity contribution in [2.45, 2.75) is 19.5 Å². The van der Waals surface area contributed by atoms with Crippen molar-refractivity contribution in [3.8, 4) is 0 Å². The normalized spacial score (nSPS) is 18.8. The summed E-state index contributed by atoms with van der Waals surface area (Å²) in [6, 6.07) is 9.60. The number of aromatic nitrogens is 1. The first kappa shape index (κ1) is 17.5. The first-order chi connectivity index (χ1) is 11.9. The summed E-state index contributed by atoms with van der Waals surface area (Å²) in [5.74, 6) is -1.06. The van der Waals surface area contributed by atoms with Crippen LogP contribution in [-0.2, 0) is 27.7 Å². The van der Waals surface area contributed by atoms with Crippen LogP contribution in [0.1, 0.15) is 17.5 Å². The van der Waals surface area contributed by atoms with Gasteiger partial charge in [-0.25, -0.2) is 12.8 Å². The van der Waals surface area contributed by atoms with E-state index in [-0.39, 0.29) is 23.2 Å². The Morgan fingerprint density at radius 2 is 1.68 bits per heavy atom. The number of pyridine rings is 1. The van der Waals surface area contributed by atoms with Crippen LogP contribution in [0.3, 0.4) is 0 Å². The summed E-state index contributed by atoms with van der Waals surface area (Å²) < 4.78 is 36.5. The van der Waals surface area contributed by atoms with Crippen molar-refractivity contribution in [3.05, 3.63) is 65.7 Å². The Hall–Kier alpha value is -2.28. The molecule has 1 aromatic heterocycles. The predicted octanol–water partition coefficient (Wildman–Crippen LogP) is 2.18. The molecule has 1 aromatic carbocycles. The summed E-state index contributed by atoms with van der Waals surface area (Å²) >= 11 is 0. The van der Waals surface area contributed by atoms with Crippen molar-refractivity contribution in [1.29, 1.82) is 0 Å². The molecular weight excluding hydrogens is 343 g/mol. The number of benzene rings is 1. The molecule has 0 saturated carbocycles. The van der Waals surface area contributed by atoms with Gasteiger partial charge in [0.05, 0.1) is 17.4 Å². The first-order valence-electron chi connectivity index (χ1n) is 8.05. The highest BCUT2D eigenvalue weighted by Gasteiger charge is 2.35. The fraction of sp³-hybridized carbons (Fsp3) is 0.333. The third-order valence-electron chi connectivity index (χ3n) is 4.30. The maximum Gasteiger partial charge on any atom is 0.227 e. The molecule has 2 heterocycles. The van der Waals surface area contributed by atoms with Gasteiger partial charge in [0.25, 0.3) is 0 Å². The Bertz CT molecular complexity index is 838. The van der Waals surface area contributed by atoms with Gasteiger partial charge in [-0.3, -0.25) is 9.78 Å². The smallest absolute Gasteiger partial charge is 0.227 e. The summed E-state index contributed by atoms with van der Waals surface area (Å²) in [4.78, 5) is 18.5. The third-order valence-corrected chi connectivity index (χ3v) is 6.07. The van der Waals surface area contributed by atoms with Gasteiger partial charge in [-0.1, -0.05) is 12.1 Å². The fourth-order valence-corrected chi connectivity index (χ4v) is 4.71. The lowest BCUT2D eigenvalue weighted by molar-refractivity contribution is -0.136. The van der Waals surface area contributed by atoms with E-state index in [1.807, 2.05) is 12.1 Å². The van der Waals surface area contributed by atoms with Crippen LogP contribution in [0, 0.1) is 11.7 Å². The van der Waals surface area contributed by atoms with Crippen LogP contribution in [-0.4, -0.2) is 35.7 Å². The van der Waals surface area contributed by atoms with Crippen molar-refractivity contribution >= 4 is 15.7 Å². The van der Waals surface area contributed by atoms with Crippen LogP contribution < -0.4 is 0 Å². The predicted molar refractivity (Wildman–Crippen MR) is 91.7 cm³/mol. The topological polar surface area (TPSA) is 67.3 Å². The summed E-state index contributed by atoms with van der Waals surface area (Å²) in [5, 5.41) is 0. The molecule has 25 heavy (non-hydrogen) atoms. The number of rotatable bonds is 5. The average Bonchev–Trinajstić information content (AvgIpc) is 2.96. The Kier molecular flexibility index (Phi) is 5.13. The zero-order valence-corrected chi connectivity index (χ0v) is 14.5. The van der Waals surface area contributed by atoms with Gasteiger partial charge in [-0.05, 0) is 41.8 Å². The molecule has 0 N–H and O–H groups in total. The second kappa shape index (κ2) is 7.31. The van der Waals surface area contributed by atoms with Crippen molar-refractivity contribution in [2.24, 2.45) is 5.92 Å². The van der Waals surface area contributed by atoms with E-state index in [0.717, 1.165) is 11.1 Å². The van der Waals surface area contributed by atoms with E-state index in [4.69, 9.17) is 0 Å². The lowest BCUT2D eigenvalue weighted by Crippen LogP contribution is -2.36. The van der Waals surface area contributed by atoms with Crippen molar-refractivity contribution in [2.75, 3.05) is 11.5 Å². The molecular formula is C18H19FN2O3S. The maximum absolute atomic E-state index is 13.1. The minimum absolute atomic E-state index is 0.0586. The number of carbonyl (C=O) groups excluding carboxylic acids is 1. The molecule has 1 atom stereocenters. The molecule has 1 aliphatic rings. The standard InChI is InChI=1S/C18H19FN2O3S/c19-17-3-1-14(2-4-17)11-21(12-15-5-8-20-9-6-15)18(22)16-7-10-25(23,24)13-16/h1-6,8-9,16H,7,10-13H2/t16-/m0/s1. The number of sulfone groups is 1. The Morgan fingerprint density at radius 1 is 1.08 bits per heavy atom. The number of amides is 1. The molecule has 0 unspecified atom stereocenters. The molecule has 0 aliphatic carbocycles. The highest BCUT2D eigenvalue weighted by atomic mass is 32.2. The van der Waals surface area contributed by atoms with E-state index in [1.54, 1.807) is 29.4 Å². The second-order valence-corrected chi connectivity index (χ2v) is 8.50. The summed E-state index contributed by atoms with van der Waals surface area (Å²) in [5.41, 5.74) is 1.70. The molecule has 1 aliphatic heterocycles. The zero-order valence-electron chi connectivity index (χ0n) is 13.6. The molecule has 5 nitrogen and oxygen atoms in total. The number of carbonyl (C=O) groups is 1. The Labute approximate surface area is 146 Å². The number of hydrogen-bond acceptors (Lipinski definition) is 4. The van der Waals surface area contributed by atoms with Crippen LogP contribution in [0.2, 0.25) is 0 Å². The minimum Gasteiger partial charge on any atom is -0.334 e. The second-order valence-electron chi connectivity index (χ2n) is 6.28. The van der Waals surface area contributed by atoms with Crippen LogP contribution in [0.4, 0.5) is 4.39 Å². The van der Waals surface area contributed by atoms with Gasteiger partial charge in [0.2, 0.25) is 5.91 Å². The van der Waals surface area contributed by atoms with Gasteiger partial charge in [0.1, 0.15) is 5.82 Å². The van der Waals surface area contributed by atoms with Crippen LogP contribution in [0.5, 0.6) is 0 Å². The molecule has 1 saturated heterocycles. The van der Waals surface area contributed by atoms with Crippen LogP contribution in [0.25, 0.3) is 0 Å². The van der Waals surface area contributed by atoms with E-state index < -0.39 is 15.8 Å². The molecule has 3 rings (SSSR count). The molecule has 132 valence electrons.